The first-order chi connectivity index (χ1) is 13.5. The minimum absolute atomic E-state index is 0.597. The van der Waals surface area contributed by atoms with E-state index in [1.165, 1.54) is 35.1 Å². The summed E-state index contributed by atoms with van der Waals surface area (Å²) in [6, 6.07) is 10.8. The lowest BCUT2D eigenvalue weighted by Gasteiger charge is -2.21. The van der Waals surface area contributed by atoms with Gasteiger partial charge in [-0.05, 0) is 66.0 Å². The van der Waals surface area contributed by atoms with E-state index in [4.69, 9.17) is 0 Å². The summed E-state index contributed by atoms with van der Waals surface area (Å²) in [5, 5.41) is 10.1. The van der Waals surface area contributed by atoms with Crippen LogP contribution in [0.15, 0.2) is 61.6 Å². The Morgan fingerprint density at radius 3 is 2.54 bits per heavy atom. The molecule has 2 aromatic carbocycles. The molecule has 28 heavy (non-hydrogen) atoms. The summed E-state index contributed by atoms with van der Waals surface area (Å²) >= 11 is 0. The molecule has 3 rings (SSSR count). The second-order valence-corrected chi connectivity index (χ2v) is 7.41. The fraction of sp³-hybridized carbons (Fsp3) is 0.280. The molecule has 3 nitrogen and oxygen atoms in total. The molecule has 0 radical (unpaired) electrons. The topological polar surface area (TPSA) is 36.1 Å². The van der Waals surface area contributed by atoms with Crippen molar-refractivity contribution >= 4 is 17.5 Å². The Bertz CT molecular complexity index is 920. The molecule has 0 aromatic heterocycles. The molecular formula is C25H31N3. The van der Waals surface area contributed by atoms with Crippen molar-refractivity contribution < 1.29 is 0 Å². The van der Waals surface area contributed by atoms with Crippen LogP contribution in [-0.4, -0.2) is 7.05 Å². The largest absolute Gasteiger partial charge is 0.388 e. The molecule has 3 N–H and O–H groups in total. The summed E-state index contributed by atoms with van der Waals surface area (Å²) in [5.74, 6) is 1.38. The molecule has 1 fully saturated rings. The van der Waals surface area contributed by atoms with E-state index in [0.29, 0.717) is 5.92 Å². The summed E-state index contributed by atoms with van der Waals surface area (Å²) < 4.78 is 0. The maximum Gasteiger partial charge on any atom is 0.0999 e. The molecule has 3 heteroatoms. The van der Waals surface area contributed by atoms with Gasteiger partial charge in [0.2, 0.25) is 0 Å². The predicted octanol–water partition coefficient (Wildman–Crippen LogP) is 6.31. The second kappa shape index (κ2) is 8.39. The molecule has 146 valence electrons. The zero-order valence-electron chi connectivity index (χ0n) is 17.3. The Balaban J connectivity index is 1.93. The smallest absolute Gasteiger partial charge is 0.0999 e. The van der Waals surface area contributed by atoms with E-state index in [0.717, 1.165) is 34.9 Å². The third kappa shape index (κ3) is 4.14. The third-order valence-corrected chi connectivity index (χ3v) is 5.44. The zero-order chi connectivity index (χ0) is 20.3. The first kappa shape index (κ1) is 19.8. The third-order valence-electron chi connectivity index (χ3n) is 5.44. The van der Waals surface area contributed by atoms with Crippen LogP contribution in [0, 0.1) is 12.8 Å². The molecule has 0 atom stereocenters. The molecule has 1 aliphatic rings. The number of allylic oxidation sites excluding steroid dienone is 1. The predicted molar refractivity (Wildman–Crippen MR) is 123 cm³/mol. The highest BCUT2D eigenvalue weighted by Gasteiger charge is 2.25. The van der Waals surface area contributed by atoms with Crippen molar-refractivity contribution in [2.75, 3.05) is 17.7 Å². The van der Waals surface area contributed by atoms with Crippen LogP contribution in [0.2, 0.25) is 0 Å². The van der Waals surface area contributed by atoms with E-state index in [-0.39, 0.29) is 0 Å². The summed E-state index contributed by atoms with van der Waals surface area (Å²) in [4.78, 5) is 0. The summed E-state index contributed by atoms with van der Waals surface area (Å²) in [5.41, 5.74) is 9.24. The second-order valence-electron chi connectivity index (χ2n) is 7.41. The van der Waals surface area contributed by atoms with Gasteiger partial charge in [-0.25, -0.2) is 0 Å². The monoisotopic (exact) mass is 373 g/mol. The van der Waals surface area contributed by atoms with Gasteiger partial charge in [0.05, 0.1) is 5.82 Å². The van der Waals surface area contributed by atoms with Gasteiger partial charge in [0.1, 0.15) is 0 Å². The van der Waals surface area contributed by atoms with Crippen LogP contribution >= 0.6 is 0 Å². The molecule has 0 aliphatic heterocycles. The van der Waals surface area contributed by atoms with Crippen LogP contribution in [-0.2, 0) is 6.42 Å². The van der Waals surface area contributed by atoms with E-state index in [2.05, 4.69) is 79.9 Å². The van der Waals surface area contributed by atoms with Gasteiger partial charge in [-0.3, -0.25) is 0 Å². The summed E-state index contributed by atoms with van der Waals surface area (Å²) in [6.07, 6.45) is 5.28. The van der Waals surface area contributed by atoms with Crippen LogP contribution in [0.5, 0.6) is 0 Å². The number of hydrogen-bond donors (Lipinski definition) is 3. The minimum atomic E-state index is 0.597. The SMILES string of the molecule is C=Cc1ccc(-c2ccc(CC)c(NC(=C)NC(=C)C3CC3)c2C)cc1NC. The van der Waals surface area contributed by atoms with Gasteiger partial charge >= 0.3 is 0 Å². The van der Waals surface area contributed by atoms with Crippen molar-refractivity contribution in [3.63, 3.8) is 0 Å². The normalized spacial score (nSPS) is 13.0. The van der Waals surface area contributed by atoms with Gasteiger partial charge in [0, 0.05) is 24.1 Å². The molecule has 0 heterocycles. The fourth-order valence-corrected chi connectivity index (χ4v) is 3.58. The van der Waals surface area contributed by atoms with Crippen molar-refractivity contribution in [1.29, 1.82) is 0 Å². The van der Waals surface area contributed by atoms with Crippen LogP contribution in [0.3, 0.4) is 0 Å². The van der Waals surface area contributed by atoms with E-state index < -0.39 is 0 Å². The molecule has 0 spiro atoms. The van der Waals surface area contributed by atoms with Crippen LogP contribution in [0.25, 0.3) is 17.2 Å². The van der Waals surface area contributed by atoms with Gasteiger partial charge in [-0.2, -0.15) is 0 Å². The van der Waals surface area contributed by atoms with Gasteiger partial charge in [-0.15, -0.1) is 0 Å². The average molecular weight is 374 g/mol. The van der Waals surface area contributed by atoms with Gasteiger partial charge in [-0.1, -0.05) is 57.0 Å². The highest BCUT2D eigenvalue weighted by molar-refractivity contribution is 5.80. The number of aryl methyl sites for hydroxylation is 1. The number of nitrogens with one attached hydrogen (secondary N) is 3. The van der Waals surface area contributed by atoms with Crippen molar-refractivity contribution in [2.24, 2.45) is 5.92 Å². The lowest BCUT2D eigenvalue weighted by atomic mass is 9.94. The highest BCUT2D eigenvalue weighted by Crippen LogP contribution is 2.36. The van der Waals surface area contributed by atoms with Crippen molar-refractivity contribution in [1.82, 2.24) is 5.32 Å². The Hall–Kier alpha value is -2.94. The van der Waals surface area contributed by atoms with Crippen molar-refractivity contribution in [2.45, 2.75) is 33.1 Å². The molecule has 0 unspecified atom stereocenters. The molecule has 0 saturated heterocycles. The summed E-state index contributed by atoms with van der Waals surface area (Å²) in [6.45, 7) is 16.5. The van der Waals surface area contributed by atoms with Crippen molar-refractivity contribution in [3.8, 4) is 11.1 Å². The first-order valence-corrected chi connectivity index (χ1v) is 9.97. The average Bonchev–Trinajstić information content (AvgIpc) is 3.54. The van der Waals surface area contributed by atoms with Crippen LogP contribution < -0.4 is 16.0 Å². The molecule has 1 saturated carbocycles. The van der Waals surface area contributed by atoms with Crippen molar-refractivity contribution in [3.05, 3.63) is 78.3 Å². The molecular weight excluding hydrogens is 342 g/mol. The maximum atomic E-state index is 4.16. The fourth-order valence-electron chi connectivity index (χ4n) is 3.58. The Morgan fingerprint density at radius 2 is 1.93 bits per heavy atom. The molecule has 0 amide bonds. The van der Waals surface area contributed by atoms with Crippen LogP contribution in [0.4, 0.5) is 11.4 Å². The summed E-state index contributed by atoms with van der Waals surface area (Å²) in [7, 11) is 1.94. The highest BCUT2D eigenvalue weighted by atomic mass is 15.1. The Morgan fingerprint density at radius 1 is 1.18 bits per heavy atom. The number of rotatable bonds is 9. The van der Waals surface area contributed by atoms with E-state index in [9.17, 15) is 0 Å². The molecule has 1 aliphatic carbocycles. The lowest BCUT2D eigenvalue weighted by Crippen LogP contribution is -2.19. The van der Waals surface area contributed by atoms with E-state index in [1.54, 1.807) is 0 Å². The first-order valence-electron chi connectivity index (χ1n) is 9.97. The minimum Gasteiger partial charge on any atom is -0.388 e. The Labute approximate surface area is 169 Å². The number of benzene rings is 2. The van der Waals surface area contributed by atoms with E-state index in [1.807, 2.05) is 13.1 Å². The quantitative estimate of drug-likeness (QED) is 0.482. The molecule has 2 aromatic rings. The Kier molecular flexibility index (Phi) is 5.93. The maximum absolute atomic E-state index is 4.16. The van der Waals surface area contributed by atoms with Gasteiger partial charge in [0.15, 0.2) is 0 Å². The standard InChI is InChI=1S/C25H31N3/c1-7-19-9-12-22(15-24(19)26-6)23-14-13-20(8-2)25(16(23)3)28-18(5)27-17(4)21-10-11-21/h7,9,12-15,21,26-28H,1,4-5,8,10-11H2,2-3,6H3. The number of hydrogen-bond acceptors (Lipinski definition) is 3. The molecule has 0 bridgehead atoms. The van der Waals surface area contributed by atoms with Gasteiger partial charge < -0.3 is 16.0 Å². The van der Waals surface area contributed by atoms with E-state index >= 15 is 0 Å². The zero-order valence-corrected chi connectivity index (χ0v) is 17.3. The van der Waals surface area contributed by atoms with Crippen LogP contribution in [0.1, 0.15) is 36.5 Å². The number of anilines is 2. The van der Waals surface area contributed by atoms with Gasteiger partial charge in [0.25, 0.3) is 0 Å². The lowest BCUT2D eigenvalue weighted by molar-refractivity contribution is 0.853.